The quantitative estimate of drug-likeness (QED) is 0.540. The van der Waals surface area contributed by atoms with Crippen LogP contribution in [0, 0.1) is 0 Å². The highest BCUT2D eigenvalue weighted by molar-refractivity contribution is 5.65. The molecule has 0 aromatic rings. The van der Waals surface area contributed by atoms with Crippen LogP contribution < -0.4 is 10.4 Å². The molecule has 9 heavy (non-hydrogen) atoms. The first-order chi connectivity index (χ1) is 3.98. The first-order valence-corrected chi connectivity index (χ1v) is 2.87. The largest absolute Gasteiger partial charge is 0.550 e. The summed E-state index contributed by atoms with van der Waals surface area (Å²) in [7, 11) is 1.73. The normalized spacial score (nSPS) is 11.4. The van der Waals surface area contributed by atoms with Gasteiger partial charge in [-0.3, -0.25) is 0 Å². The second-order valence-electron chi connectivity index (χ2n) is 2.68. The van der Waals surface area contributed by atoms with Crippen molar-refractivity contribution in [2.45, 2.75) is 25.8 Å². The van der Waals surface area contributed by atoms with Gasteiger partial charge in [-0.2, -0.15) is 0 Å². The van der Waals surface area contributed by atoms with Crippen molar-refractivity contribution in [2.24, 2.45) is 0 Å². The molecule has 54 valence electrons. The molecule has 3 nitrogen and oxygen atoms in total. The van der Waals surface area contributed by atoms with Crippen molar-refractivity contribution in [1.29, 1.82) is 0 Å². The van der Waals surface area contributed by atoms with Gasteiger partial charge in [-0.1, -0.05) is 0 Å². The summed E-state index contributed by atoms with van der Waals surface area (Å²) in [6.07, 6.45) is 0.0451. The van der Waals surface area contributed by atoms with Gasteiger partial charge in [-0.15, -0.1) is 0 Å². The Balaban J connectivity index is 3.71. The number of carboxylic acids is 1. The lowest BCUT2D eigenvalue weighted by Gasteiger charge is -2.23. The van der Waals surface area contributed by atoms with Gasteiger partial charge in [0.15, 0.2) is 0 Å². The summed E-state index contributed by atoms with van der Waals surface area (Å²) in [6.45, 7) is 3.62. The Kier molecular flexibility index (Phi) is 2.65. The van der Waals surface area contributed by atoms with Gasteiger partial charge in [0.25, 0.3) is 0 Å². The van der Waals surface area contributed by atoms with Crippen molar-refractivity contribution in [1.82, 2.24) is 5.32 Å². The second kappa shape index (κ2) is 2.82. The number of hydrogen-bond donors (Lipinski definition) is 1. The lowest BCUT2D eigenvalue weighted by molar-refractivity contribution is -0.307. The van der Waals surface area contributed by atoms with Crippen molar-refractivity contribution in [3.8, 4) is 0 Å². The Morgan fingerprint density at radius 3 is 2.22 bits per heavy atom. The molecule has 0 radical (unpaired) electrons. The minimum atomic E-state index is -1.02. The maximum absolute atomic E-state index is 10.0. The van der Waals surface area contributed by atoms with Crippen LogP contribution in [-0.2, 0) is 4.79 Å². The van der Waals surface area contributed by atoms with Crippen LogP contribution in [0.5, 0.6) is 0 Å². The predicted octanol–water partition coefficient (Wildman–Crippen LogP) is -0.876. The van der Waals surface area contributed by atoms with Crippen LogP contribution in [0.1, 0.15) is 20.3 Å². The topological polar surface area (TPSA) is 52.2 Å². The molecule has 0 heterocycles. The van der Waals surface area contributed by atoms with E-state index in [1.165, 1.54) is 0 Å². The number of rotatable bonds is 3. The predicted molar refractivity (Wildman–Crippen MR) is 32.8 cm³/mol. The van der Waals surface area contributed by atoms with Crippen LogP contribution in [0.25, 0.3) is 0 Å². The van der Waals surface area contributed by atoms with Gasteiger partial charge < -0.3 is 15.2 Å². The molecule has 0 atom stereocenters. The van der Waals surface area contributed by atoms with E-state index >= 15 is 0 Å². The molecule has 0 aromatic heterocycles. The fourth-order valence-corrected chi connectivity index (χ4v) is 0.449. The summed E-state index contributed by atoms with van der Waals surface area (Å²) in [5, 5.41) is 12.9. The van der Waals surface area contributed by atoms with Gasteiger partial charge in [0.2, 0.25) is 0 Å². The van der Waals surface area contributed by atoms with Crippen molar-refractivity contribution >= 4 is 5.97 Å². The summed E-state index contributed by atoms with van der Waals surface area (Å²) >= 11 is 0. The standard InChI is InChI=1S/C6H13NO2/c1-6(2,7-3)4-5(8)9/h7H,4H2,1-3H3,(H,8,9)/p-1. The van der Waals surface area contributed by atoms with Crippen LogP contribution in [0.3, 0.4) is 0 Å². The Bertz CT molecular complexity index is 110. The van der Waals surface area contributed by atoms with Crippen molar-refractivity contribution in [3.05, 3.63) is 0 Å². The molecule has 0 bridgehead atoms. The van der Waals surface area contributed by atoms with Gasteiger partial charge in [-0.05, 0) is 20.9 Å². The summed E-state index contributed by atoms with van der Waals surface area (Å²) in [6, 6.07) is 0. The fourth-order valence-electron chi connectivity index (χ4n) is 0.449. The Hall–Kier alpha value is -0.570. The van der Waals surface area contributed by atoms with E-state index in [0.29, 0.717) is 0 Å². The average molecular weight is 130 g/mol. The Morgan fingerprint density at radius 1 is 1.67 bits per heavy atom. The number of nitrogens with one attached hydrogen (secondary N) is 1. The molecular formula is C6H12NO2-. The molecule has 0 aliphatic carbocycles. The van der Waals surface area contributed by atoms with E-state index in [2.05, 4.69) is 5.32 Å². The molecule has 0 rings (SSSR count). The van der Waals surface area contributed by atoms with E-state index in [1.54, 1.807) is 7.05 Å². The molecular weight excluding hydrogens is 118 g/mol. The molecule has 0 unspecified atom stereocenters. The highest BCUT2D eigenvalue weighted by Crippen LogP contribution is 2.04. The second-order valence-corrected chi connectivity index (χ2v) is 2.68. The number of carboxylic acid groups (broad SMARTS) is 1. The number of carbonyl (C=O) groups excluding carboxylic acids is 1. The van der Waals surface area contributed by atoms with Crippen molar-refractivity contribution in [3.63, 3.8) is 0 Å². The maximum atomic E-state index is 10.0. The zero-order chi connectivity index (χ0) is 7.49. The van der Waals surface area contributed by atoms with E-state index < -0.39 is 5.97 Å². The highest BCUT2D eigenvalue weighted by Gasteiger charge is 2.13. The summed E-state index contributed by atoms with van der Waals surface area (Å²) in [5.74, 6) is -1.02. The van der Waals surface area contributed by atoms with Crippen molar-refractivity contribution < 1.29 is 9.90 Å². The molecule has 0 fully saturated rings. The van der Waals surface area contributed by atoms with Gasteiger partial charge in [0.05, 0.1) is 0 Å². The highest BCUT2D eigenvalue weighted by atomic mass is 16.4. The first-order valence-electron chi connectivity index (χ1n) is 2.87. The molecule has 0 saturated carbocycles. The van der Waals surface area contributed by atoms with Crippen LogP contribution in [-0.4, -0.2) is 18.6 Å². The van der Waals surface area contributed by atoms with Crippen LogP contribution in [0.15, 0.2) is 0 Å². The van der Waals surface area contributed by atoms with Gasteiger partial charge in [0, 0.05) is 17.9 Å². The van der Waals surface area contributed by atoms with E-state index in [9.17, 15) is 9.90 Å². The Morgan fingerprint density at radius 2 is 2.11 bits per heavy atom. The maximum Gasteiger partial charge on any atom is 0.0432 e. The fraction of sp³-hybridized carbons (Fsp3) is 0.833. The summed E-state index contributed by atoms with van der Waals surface area (Å²) in [5.41, 5.74) is -0.348. The monoisotopic (exact) mass is 130 g/mol. The van der Waals surface area contributed by atoms with Gasteiger partial charge in [-0.25, -0.2) is 0 Å². The summed E-state index contributed by atoms with van der Waals surface area (Å²) in [4.78, 5) is 10.0. The molecule has 3 heteroatoms. The van der Waals surface area contributed by atoms with E-state index in [4.69, 9.17) is 0 Å². The number of aliphatic carboxylic acids is 1. The van der Waals surface area contributed by atoms with Crippen LogP contribution in [0.2, 0.25) is 0 Å². The average Bonchev–Trinajstić information content (AvgIpc) is 1.63. The molecule has 0 aromatic carbocycles. The molecule has 1 N–H and O–H groups in total. The zero-order valence-corrected chi connectivity index (χ0v) is 6.02. The smallest absolute Gasteiger partial charge is 0.0432 e. The third-order valence-electron chi connectivity index (χ3n) is 1.26. The van der Waals surface area contributed by atoms with Crippen LogP contribution >= 0.6 is 0 Å². The lowest BCUT2D eigenvalue weighted by atomic mass is 10.0. The number of carbonyl (C=O) groups is 1. The molecule has 0 aliphatic rings. The van der Waals surface area contributed by atoms with E-state index in [0.717, 1.165) is 0 Å². The third kappa shape index (κ3) is 3.97. The zero-order valence-electron chi connectivity index (χ0n) is 6.02. The van der Waals surface area contributed by atoms with E-state index in [1.807, 2.05) is 13.8 Å². The summed E-state index contributed by atoms with van der Waals surface area (Å²) < 4.78 is 0. The van der Waals surface area contributed by atoms with Crippen LogP contribution in [0.4, 0.5) is 0 Å². The SMILES string of the molecule is CNC(C)(C)CC(=O)[O-]. The first kappa shape index (κ1) is 8.43. The molecule has 0 aliphatic heterocycles. The van der Waals surface area contributed by atoms with Crippen molar-refractivity contribution in [2.75, 3.05) is 7.05 Å². The molecule has 0 saturated heterocycles. The third-order valence-corrected chi connectivity index (χ3v) is 1.26. The molecule has 0 amide bonds. The minimum Gasteiger partial charge on any atom is -0.550 e. The van der Waals surface area contributed by atoms with E-state index in [-0.39, 0.29) is 12.0 Å². The minimum absolute atomic E-state index is 0.0451. The Labute approximate surface area is 55.1 Å². The van der Waals surface area contributed by atoms with Gasteiger partial charge in [0.1, 0.15) is 0 Å². The van der Waals surface area contributed by atoms with Gasteiger partial charge >= 0.3 is 0 Å². The number of hydrogen-bond acceptors (Lipinski definition) is 3. The lowest BCUT2D eigenvalue weighted by Crippen LogP contribution is -2.42. The molecule has 0 spiro atoms.